The van der Waals surface area contributed by atoms with Gasteiger partial charge < -0.3 is 15.2 Å². The van der Waals surface area contributed by atoms with Crippen LogP contribution in [0.4, 0.5) is 0 Å². The molecule has 1 fully saturated rings. The van der Waals surface area contributed by atoms with Gasteiger partial charge in [0, 0.05) is 26.1 Å². The first kappa shape index (κ1) is 12.7. The van der Waals surface area contributed by atoms with Gasteiger partial charge in [-0.2, -0.15) is 4.98 Å². The van der Waals surface area contributed by atoms with Crippen LogP contribution in [0.5, 0.6) is 0 Å². The van der Waals surface area contributed by atoms with Crippen molar-refractivity contribution < 1.29 is 9.32 Å². The molecule has 0 radical (unpaired) electrons. The molecular formula is C11H15N7O2. The van der Waals surface area contributed by atoms with Crippen LogP contribution in [0.2, 0.25) is 0 Å². The monoisotopic (exact) mass is 277 g/mol. The second kappa shape index (κ2) is 5.37. The Morgan fingerprint density at radius 3 is 3.10 bits per heavy atom. The molecule has 0 aromatic carbocycles. The van der Waals surface area contributed by atoms with Gasteiger partial charge in [0.2, 0.25) is 5.89 Å². The first-order valence-electron chi connectivity index (χ1n) is 6.42. The summed E-state index contributed by atoms with van der Waals surface area (Å²) in [6.45, 7) is 3.89. The second-order valence-corrected chi connectivity index (χ2v) is 4.64. The van der Waals surface area contributed by atoms with Crippen LogP contribution in [0.25, 0.3) is 0 Å². The molecule has 1 amide bonds. The summed E-state index contributed by atoms with van der Waals surface area (Å²) in [6.07, 6.45) is 2.16. The molecule has 3 heterocycles. The molecule has 0 bridgehead atoms. The third-order valence-electron chi connectivity index (χ3n) is 3.07. The first-order chi connectivity index (χ1) is 9.72. The second-order valence-electron chi connectivity index (χ2n) is 4.64. The summed E-state index contributed by atoms with van der Waals surface area (Å²) in [4.78, 5) is 15.9. The smallest absolute Gasteiger partial charge is 0.273 e. The summed E-state index contributed by atoms with van der Waals surface area (Å²) in [5.41, 5.74) is 0.318. The fourth-order valence-electron chi connectivity index (χ4n) is 1.83. The molecule has 1 aliphatic rings. The van der Waals surface area contributed by atoms with Gasteiger partial charge in [0.05, 0.1) is 12.2 Å². The molecule has 106 valence electrons. The number of nitrogens with one attached hydrogen (secondary N) is 2. The van der Waals surface area contributed by atoms with Crippen molar-refractivity contribution in [2.75, 3.05) is 19.6 Å². The first-order valence-corrected chi connectivity index (χ1v) is 6.42. The van der Waals surface area contributed by atoms with Crippen LogP contribution < -0.4 is 10.6 Å². The lowest BCUT2D eigenvalue weighted by Crippen LogP contribution is -2.43. The van der Waals surface area contributed by atoms with Crippen LogP contribution in [0, 0.1) is 6.92 Å². The normalized spacial score (nSPS) is 15.1. The van der Waals surface area contributed by atoms with E-state index in [0.717, 1.165) is 13.1 Å². The Balaban J connectivity index is 1.49. The highest BCUT2D eigenvalue weighted by atomic mass is 16.5. The molecule has 2 aromatic heterocycles. The lowest BCUT2D eigenvalue weighted by atomic mass is 10.2. The van der Waals surface area contributed by atoms with Gasteiger partial charge in [0.1, 0.15) is 0 Å². The minimum absolute atomic E-state index is 0.250. The largest absolute Gasteiger partial charge is 0.350 e. The molecule has 1 saturated heterocycles. The quantitative estimate of drug-likeness (QED) is 0.727. The highest BCUT2D eigenvalue weighted by Gasteiger charge is 2.21. The van der Waals surface area contributed by atoms with Crippen LogP contribution in [0.1, 0.15) is 28.2 Å². The average molecular weight is 277 g/mol. The van der Waals surface area contributed by atoms with Gasteiger partial charge in [-0.1, -0.05) is 10.4 Å². The zero-order valence-corrected chi connectivity index (χ0v) is 11.0. The number of nitrogens with zero attached hydrogens (tertiary/aromatic N) is 5. The number of rotatable bonds is 5. The van der Waals surface area contributed by atoms with Crippen LogP contribution in [-0.4, -0.2) is 50.7 Å². The number of amides is 1. The maximum absolute atomic E-state index is 11.9. The van der Waals surface area contributed by atoms with E-state index in [1.54, 1.807) is 17.8 Å². The molecule has 0 spiro atoms. The van der Waals surface area contributed by atoms with Crippen LogP contribution in [-0.2, 0) is 6.42 Å². The van der Waals surface area contributed by atoms with Crippen molar-refractivity contribution in [2.24, 2.45) is 0 Å². The Labute approximate surface area is 114 Å². The van der Waals surface area contributed by atoms with E-state index in [0.29, 0.717) is 36.4 Å². The molecule has 9 nitrogen and oxygen atoms in total. The predicted octanol–water partition coefficient (Wildman–Crippen LogP) is -0.914. The van der Waals surface area contributed by atoms with Crippen molar-refractivity contribution in [3.05, 3.63) is 23.6 Å². The van der Waals surface area contributed by atoms with Gasteiger partial charge in [-0.25, -0.2) is 4.68 Å². The minimum Gasteiger partial charge on any atom is -0.350 e. The standard InChI is InChI=1S/C11H15N7O2/c1-7-14-10(20-16-7)2-3-13-11(19)9-6-18(17-15-9)8-4-12-5-8/h6,8,12H,2-5H2,1H3,(H,13,19). The van der Waals surface area contributed by atoms with E-state index in [4.69, 9.17) is 4.52 Å². The summed E-state index contributed by atoms with van der Waals surface area (Å²) in [7, 11) is 0. The molecular weight excluding hydrogens is 262 g/mol. The van der Waals surface area contributed by atoms with Crippen LogP contribution >= 0.6 is 0 Å². The molecule has 2 aromatic rings. The summed E-state index contributed by atoms with van der Waals surface area (Å²) in [5, 5.41) is 17.4. The maximum Gasteiger partial charge on any atom is 0.273 e. The zero-order chi connectivity index (χ0) is 13.9. The topological polar surface area (TPSA) is 111 Å². The lowest BCUT2D eigenvalue weighted by molar-refractivity contribution is 0.0948. The Bertz CT molecular complexity index is 601. The van der Waals surface area contributed by atoms with Crippen molar-refractivity contribution in [3.63, 3.8) is 0 Å². The molecule has 0 aliphatic carbocycles. The molecule has 1 aliphatic heterocycles. The Morgan fingerprint density at radius 1 is 1.60 bits per heavy atom. The van der Waals surface area contributed by atoms with E-state index in [-0.39, 0.29) is 5.91 Å². The molecule has 2 N–H and O–H groups in total. The minimum atomic E-state index is -0.250. The van der Waals surface area contributed by atoms with Gasteiger partial charge in [-0.3, -0.25) is 4.79 Å². The Hall–Kier alpha value is -2.29. The Kier molecular flexibility index (Phi) is 3.42. The molecule has 0 atom stereocenters. The lowest BCUT2D eigenvalue weighted by Gasteiger charge is -2.26. The maximum atomic E-state index is 11.9. The third kappa shape index (κ3) is 2.67. The van der Waals surface area contributed by atoms with E-state index in [9.17, 15) is 4.79 Å². The third-order valence-corrected chi connectivity index (χ3v) is 3.07. The number of carbonyl (C=O) groups excluding carboxylic acids is 1. The summed E-state index contributed by atoms with van der Waals surface area (Å²) >= 11 is 0. The van der Waals surface area contributed by atoms with Crippen LogP contribution in [0.15, 0.2) is 10.7 Å². The van der Waals surface area contributed by atoms with E-state index in [1.165, 1.54) is 0 Å². The summed E-state index contributed by atoms with van der Waals surface area (Å²) in [5.74, 6) is 0.843. The molecule has 9 heteroatoms. The van der Waals surface area contributed by atoms with Crippen molar-refractivity contribution in [1.29, 1.82) is 0 Å². The fourth-order valence-corrected chi connectivity index (χ4v) is 1.83. The average Bonchev–Trinajstić information content (AvgIpc) is 2.97. The highest BCUT2D eigenvalue weighted by molar-refractivity contribution is 5.91. The van der Waals surface area contributed by atoms with E-state index >= 15 is 0 Å². The Morgan fingerprint density at radius 2 is 2.45 bits per heavy atom. The van der Waals surface area contributed by atoms with E-state index in [2.05, 4.69) is 31.1 Å². The van der Waals surface area contributed by atoms with Crippen molar-refractivity contribution >= 4 is 5.91 Å². The van der Waals surface area contributed by atoms with Crippen molar-refractivity contribution in [1.82, 2.24) is 35.8 Å². The fraction of sp³-hybridized carbons (Fsp3) is 0.545. The summed E-state index contributed by atoms with van der Waals surface area (Å²) < 4.78 is 6.67. The zero-order valence-electron chi connectivity index (χ0n) is 11.0. The van der Waals surface area contributed by atoms with Gasteiger partial charge >= 0.3 is 0 Å². The number of aromatic nitrogens is 5. The van der Waals surface area contributed by atoms with E-state index in [1.807, 2.05) is 0 Å². The molecule has 20 heavy (non-hydrogen) atoms. The van der Waals surface area contributed by atoms with Gasteiger partial charge in [-0.15, -0.1) is 5.10 Å². The van der Waals surface area contributed by atoms with Gasteiger partial charge in [-0.05, 0) is 6.92 Å². The number of carbonyl (C=O) groups is 1. The predicted molar refractivity (Wildman–Crippen MR) is 67.0 cm³/mol. The molecule has 0 saturated carbocycles. The molecule has 0 unspecified atom stereocenters. The van der Waals surface area contributed by atoms with E-state index < -0.39 is 0 Å². The van der Waals surface area contributed by atoms with Crippen molar-refractivity contribution in [3.8, 4) is 0 Å². The number of aryl methyl sites for hydroxylation is 1. The van der Waals surface area contributed by atoms with Crippen molar-refractivity contribution in [2.45, 2.75) is 19.4 Å². The van der Waals surface area contributed by atoms with Gasteiger partial charge in [0.15, 0.2) is 11.5 Å². The number of hydrogen-bond donors (Lipinski definition) is 2. The van der Waals surface area contributed by atoms with Gasteiger partial charge in [0.25, 0.3) is 5.91 Å². The summed E-state index contributed by atoms with van der Waals surface area (Å²) in [6, 6.07) is 0.297. The van der Waals surface area contributed by atoms with Crippen LogP contribution in [0.3, 0.4) is 0 Å². The SMILES string of the molecule is Cc1noc(CCNC(=O)c2cn(C3CNC3)nn2)n1. The highest BCUT2D eigenvalue weighted by Crippen LogP contribution is 2.09. The molecule has 3 rings (SSSR count). The number of hydrogen-bond acceptors (Lipinski definition) is 7.